The Labute approximate surface area is 217 Å². The van der Waals surface area contributed by atoms with Gasteiger partial charge in [-0.25, -0.2) is 9.97 Å². The van der Waals surface area contributed by atoms with Gasteiger partial charge >= 0.3 is 0 Å². The molecule has 0 spiro atoms. The van der Waals surface area contributed by atoms with Crippen LogP contribution in [0.3, 0.4) is 0 Å². The molecule has 2 saturated carbocycles. The van der Waals surface area contributed by atoms with Crippen molar-refractivity contribution in [3.8, 4) is 0 Å². The minimum Gasteiger partial charge on any atom is -0.393 e. The molecule has 2 N–H and O–H groups in total. The van der Waals surface area contributed by atoms with E-state index < -0.39 is 0 Å². The predicted molar refractivity (Wildman–Crippen MR) is 142 cm³/mol. The van der Waals surface area contributed by atoms with Crippen molar-refractivity contribution in [2.75, 3.05) is 51.3 Å². The number of aliphatic hydroxyl groups is 1. The fourth-order valence-electron chi connectivity index (χ4n) is 5.63. The van der Waals surface area contributed by atoms with Crippen LogP contribution in [0.1, 0.15) is 77.2 Å². The third-order valence-corrected chi connectivity index (χ3v) is 8.20. The van der Waals surface area contributed by atoms with Crippen LogP contribution in [-0.2, 0) is 21.4 Å². The van der Waals surface area contributed by atoms with Gasteiger partial charge in [0.15, 0.2) is 0 Å². The van der Waals surface area contributed by atoms with Crippen LogP contribution in [0.5, 0.6) is 0 Å². The van der Waals surface area contributed by atoms with Crippen molar-refractivity contribution in [3.05, 3.63) is 17.6 Å². The highest BCUT2D eigenvalue weighted by atomic mass is 16.5. The number of rotatable bonds is 9. The summed E-state index contributed by atoms with van der Waals surface area (Å²) < 4.78 is 5.28. The van der Waals surface area contributed by atoms with Crippen LogP contribution < -0.4 is 10.2 Å². The van der Waals surface area contributed by atoms with Crippen molar-refractivity contribution >= 4 is 11.7 Å². The monoisotopic (exact) mass is 501 g/mol. The summed E-state index contributed by atoms with van der Waals surface area (Å²) in [6, 6.07) is 2.50. The smallest absolute Gasteiger partial charge is 0.223 e. The number of carbonyl (C=O) groups is 1. The Balaban J connectivity index is 1.18. The Morgan fingerprint density at radius 3 is 2.44 bits per heavy atom. The van der Waals surface area contributed by atoms with Gasteiger partial charge in [0.2, 0.25) is 5.91 Å². The number of aliphatic hydroxyl groups excluding tert-OH is 1. The quantitative estimate of drug-likeness (QED) is 0.538. The van der Waals surface area contributed by atoms with Crippen LogP contribution in [0.15, 0.2) is 6.07 Å². The maximum atomic E-state index is 12.5. The molecule has 0 atom stereocenters. The Bertz CT molecular complexity index is 851. The van der Waals surface area contributed by atoms with Gasteiger partial charge in [-0.05, 0) is 57.4 Å². The summed E-state index contributed by atoms with van der Waals surface area (Å²) in [6.45, 7) is 12.4. The van der Waals surface area contributed by atoms with Crippen LogP contribution in [0.25, 0.3) is 0 Å². The number of amides is 1. The maximum absolute atomic E-state index is 12.5. The fourth-order valence-corrected chi connectivity index (χ4v) is 5.63. The van der Waals surface area contributed by atoms with E-state index in [0.29, 0.717) is 12.6 Å². The van der Waals surface area contributed by atoms with Gasteiger partial charge < -0.3 is 20.1 Å². The number of nitrogens with zero attached hydrogens (tertiary/aromatic N) is 4. The van der Waals surface area contributed by atoms with Crippen LogP contribution in [0.2, 0.25) is 0 Å². The summed E-state index contributed by atoms with van der Waals surface area (Å²) in [6.07, 6.45) is 7.23. The largest absolute Gasteiger partial charge is 0.393 e. The molecule has 0 unspecified atom stereocenters. The van der Waals surface area contributed by atoms with E-state index in [1.807, 2.05) is 0 Å². The highest BCUT2D eigenvalue weighted by Gasteiger charge is 2.33. The van der Waals surface area contributed by atoms with E-state index in [0.717, 1.165) is 101 Å². The molecule has 0 bridgehead atoms. The van der Waals surface area contributed by atoms with Crippen molar-refractivity contribution in [2.45, 2.75) is 89.7 Å². The Hall–Kier alpha value is -1.77. The normalized spacial score (nSPS) is 27.5. The Morgan fingerprint density at radius 1 is 1.11 bits per heavy atom. The highest BCUT2D eigenvalue weighted by Crippen LogP contribution is 2.32. The summed E-state index contributed by atoms with van der Waals surface area (Å²) in [5.74, 6) is 2.99. The van der Waals surface area contributed by atoms with Crippen molar-refractivity contribution < 1.29 is 14.6 Å². The standard InChI is InChI=1S/C28H47N5O3/c1-28(2,3)27-30-22(10-16-36-4)19-25(31-27)33-14-12-32(13-15-33)11-9-20-17-23(18-20)29-26(35)21-5-7-24(34)8-6-21/h19-21,23-24,34H,5-18H2,1-4H3,(H,29,35)/t20-,21?,23-,24?. The third kappa shape index (κ3) is 7.39. The summed E-state index contributed by atoms with van der Waals surface area (Å²) in [5, 5.41) is 12.9. The molecule has 8 nitrogen and oxygen atoms in total. The van der Waals surface area contributed by atoms with Crippen molar-refractivity contribution in [2.24, 2.45) is 11.8 Å². The molecule has 3 aliphatic rings. The predicted octanol–water partition coefficient (Wildman–Crippen LogP) is 2.92. The maximum Gasteiger partial charge on any atom is 0.223 e. The Morgan fingerprint density at radius 2 is 1.81 bits per heavy atom. The van der Waals surface area contributed by atoms with Gasteiger partial charge in [0.25, 0.3) is 0 Å². The number of aromatic nitrogens is 2. The number of carbonyl (C=O) groups excluding carboxylic acids is 1. The van der Waals surface area contributed by atoms with E-state index in [2.05, 4.69) is 42.0 Å². The molecule has 1 aromatic heterocycles. The molecule has 0 aromatic carbocycles. The van der Waals surface area contributed by atoms with Gasteiger partial charge in [0.05, 0.1) is 12.7 Å². The van der Waals surface area contributed by atoms with Crippen molar-refractivity contribution in [1.29, 1.82) is 0 Å². The van der Waals surface area contributed by atoms with E-state index in [4.69, 9.17) is 14.7 Å². The molecular weight excluding hydrogens is 454 g/mol. The number of hydrogen-bond acceptors (Lipinski definition) is 7. The molecule has 4 rings (SSSR count). The lowest BCUT2D eigenvalue weighted by Gasteiger charge is -2.40. The van der Waals surface area contributed by atoms with Crippen LogP contribution >= 0.6 is 0 Å². The average molecular weight is 502 g/mol. The molecule has 2 aliphatic carbocycles. The molecule has 1 saturated heterocycles. The van der Waals surface area contributed by atoms with E-state index in [-0.39, 0.29) is 23.3 Å². The second-order valence-electron chi connectivity index (χ2n) is 12.2. The molecule has 1 aromatic rings. The summed E-state index contributed by atoms with van der Waals surface area (Å²) >= 11 is 0. The lowest BCUT2D eigenvalue weighted by atomic mass is 9.77. The van der Waals surface area contributed by atoms with Crippen LogP contribution in [0.4, 0.5) is 5.82 Å². The van der Waals surface area contributed by atoms with Gasteiger partial charge in [0.1, 0.15) is 11.6 Å². The second-order valence-corrected chi connectivity index (χ2v) is 12.2. The molecule has 3 fully saturated rings. The molecule has 2 heterocycles. The van der Waals surface area contributed by atoms with Crippen molar-refractivity contribution in [3.63, 3.8) is 0 Å². The SMILES string of the molecule is COCCc1cc(N2CCN(CC[C@H]3C[C@H](NC(=O)C4CCC(O)CC4)C3)CC2)nc(C(C)(C)C)n1. The number of methoxy groups -OCH3 is 1. The minimum atomic E-state index is -0.204. The first-order valence-corrected chi connectivity index (χ1v) is 14.0. The number of piperazine rings is 1. The van der Waals surface area contributed by atoms with Crippen LogP contribution in [0, 0.1) is 11.8 Å². The zero-order chi connectivity index (χ0) is 25.7. The van der Waals surface area contributed by atoms with Crippen LogP contribution in [-0.4, -0.2) is 84.5 Å². The average Bonchev–Trinajstić information content (AvgIpc) is 2.84. The number of nitrogens with one attached hydrogen (secondary N) is 1. The molecule has 1 amide bonds. The lowest BCUT2D eigenvalue weighted by molar-refractivity contribution is -0.128. The second kappa shape index (κ2) is 12.2. The molecular formula is C28H47N5O3. The third-order valence-electron chi connectivity index (χ3n) is 8.20. The number of ether oxygens (including phenoxy) is 1. The minimum absolute atomic E-state index is 0.0847. The topological polar surface area (TPSA) is 90.8 Å². The first-order chi connectivity index (χ1) is 17.2. The molecule has 36 heavy (non-hydrogen) atoms. The first kappa shape index (κ1) is 27.3. The van der Waals surface area contributed by atoms with Gasteiger partial charge in [-0.15, -0.1) is 0 Å². The summed E-state index contributed by atoms with van der Waals surface area (Å²) in [5.41, 5.74) is 0.973. The van der Waals surface area contributed by atoms with E-state index in [1.165, 1.54) is 6.42 Å². The first-order valence-electron chi connectivity index (χ1n) is 14.0. The molecule has 8 heteroatoms. The van der Waals surface area contributed by atoms with Gasteiger partial charge in [-0.2, -0.15) is 0 Å². The molecule has 0 radical (unpaired) electrons. The number of hydrogen-bond donors (Lipinski definition) is 2. The van der Waals surface area contributed by atoms with E-state index in [9.17, 15) is 9.90 Å². The van der Waals surface area contributed by atoms with Gasteiger partial charge in [0, 0.05) is 68.8 Å². The zero-order valence-electron chi connectivity index (χ0n) is 22.8. The van der Waals surface area contributed by atoms with E-state index in [1.54, 1.807) is 7.11 Å². The summed E-state index contributed by atoms with van der Waals surface area (Å²) in [7, 11) is 1.73. The summed E-state index contributed by atoms with van der Waals surface area (Å²) in [4.78, 5) is 27.2. The van der Waals surface area contributed by atoms with E-state index >= 15 is 0 Å². The zero-order valence-corrected chi connectivity index (χ0v) is 22.8. The Kier molecular flexibility index (Phi) is 9.23. The fraction of sp³-hybridized carbons (Fsp3) is 0.821. The number of anilines is 1. The highest BCUT2D eigenvalue weighted by molar-refractivity contribution is 5.79. The lowest BCUT2D eigenvalue weighted by Crippen LogP contribution is -2.49. The molecule has 202 valence electrons. The van der Waals surface area contributed by atoms with Gasteiger partial charge in [-0.3, -0.25) is 9.69 Å². The molecule has 1 aliphatic heterocycles. The van der Waals surface area contributed by atoms with Gasteiger partial charge in [-0.1, -0.05) is 20.8 Å². The van der Waals surface area contributed by atoms with Crippen molar-refractivity contribution in [1.82, 2.24) is 20.2 Å².